The van der Waals surface area contributed by atoms with E-state index in [-0.39, 0.29) is 17.4 Å². The minimum atomic E-state index is -3.57. The molecule has 0 bridgehead atoms. The Morgan fingerprint density at radius 2 is 2.14 bits per heavy atom. The topological polar surface area (TPSA) is 75.6 Å². The fourth-order valence-electron chi connectivity index (χ4n) is 1.57. The van der Waals surface area contributed by atoms with E-state index in [0.29, 0.717) is 17.9 Å². The summed E-state index contributed by atoms with van der Waals surface area (Å²) >= 11 is 0. The second-order valence-electron chi connectivity index (χ2n) is 4.69. The lowest BCUT2D eigenvalue weighted by molar-refractivity contribution is 0.350. The van der Waals surface area contributed by atoms with Crippen LogP contribution in [0.5, 0.6) is 5.75 Å². The third-order valence-corrected chi connectivity index (χ3v) is 4.52. The van der Waals surface area contributed by atoms with Gasteiger partial charge in [0.15, 0.2) is 0 Å². The van der Waals surface area contributed by atoms with E-state index in [9.17, 15) is 8.42 Å². The minimum Gasteiger partial charge on any atom is -0.495 e. The molecule has 2 N–H and O–H groups in total. The van der Waals surface area contributed by atoms with Gasteiger partial charge < -0.3 is 9.84 Å². The molecule has 1 unspecified atom stereocenters. The highest BCUT2D eigenvalue weighted by Crippen LogP contribution is 2.21. The van der Waals surface area contributed by atoms with Gasteiger partial charge in [-0.2, -0.15) is 0 Å². The lowest BCUT2D eigenvalue weighted by atomic mass is 10.1. The van der Waals surface area contributed by atoms with Crippen LogP contribution in [-0.4, -0.2) is 33.8 Å². The second-order valence-corrected chi connectivity index (χ2v) is 6.45. The highest BCUT2D eigenvalue weighted by molar-refractivity contribution is 7.89. The zero-order valence-electron chi connectivity index (χ0n) is 12.5. The Labute approximate surface area is 126 Å². The molecule has 0 aromatic heterocycles. The third kappa shape index (κ3) is 5.05. The van der Waals surface area contributed by atoms with Crippen LogP contribution in [0, 0.1) is 17.8 Å². The molecule has 1 rings (SSSR count). The van der Waals surface area contributed by atoms with Crippen LogP contribution >= 0.6 is 0 Å². The summed E-state index contributed by atoms with van der Waals surface area (Å²) in [6.45, 7) is 4.08. The molecule has 1 aromatic rings. The van der Waals surface area contributed by atoms with E-state index >= 15 is 0 Å². The Hall–Kier alpha value is -1.55. The summed E-state index contributed by atoms with van der Waals surface area (Å²) in [6, 6.07) is 4.47. The van der Waals surface area contributed by atoms with Gasteiger partial charge in [-0.15, -0.1) is 0 Å². The number of sulfonamides is 1. The largest absolute Gasteiger partial charge is 0.495 e. The van der Waals surface area contributed by atoms with Gasteiger partial charge in [0.25, 0.3) is 0 Å². The number of ether oxygens (including phenoxy) is 1. The molecule has 0 aliphatic carbocycles. The minimum absolute atomic E-state index is 0.133. The molecule has 0 saturated heterocycles. The third-order valence-electron chi connectivity index (χ3n) is 3.10. The van der Waals surface area contributed by atoms with Crippen molar-refractivity contribution in [3.63, 3.8) is 0 Å². The average Bonchev–Trinajstić information content (AvgIpc) is 2.50. The van der Waals surface area contributed by atoms with Crippen LogP contribution in [-0.2, 0) is 10.0 Å². The standard InChI is InChI=1S/C15H21NO4S/c1-4-12(2)11-16-21(18,19)14-7-8-15(20-3)13(10-14)6-5-9-17/h7-8,10,12,16-17H,4,9,11H2,1-3H3. The predicted octanol–water partition coefficient (Wildman–Crippen LogP) is 1.36. The number of aliphatic hydroxyl groups is 1. The van der Waals surface area contributed by atoms with Gasteiger partial charge in [0.05, 0.1) is 17.6 Å². The van der Waals surface area contributed by atoms with E-state index in [2.05, 4.69) is 16.6 Å². The maximum atomic E-state index is 12.2. The molecule has 0 saturated carbocycles. The number of methoxy groups -OCH3 is 1. The van der Waals surface area contributed by atoms with Crippen molar-refractivity contribution in [3.8, 4) is 17.6 Å². The number of hydrogen-bond donors (Lipinski definition) is 2. The SMILES string of the molecule is CCC(C)CNS(=O)(=O)c1ccc(OC)c(C#CCO)c1. The highest BCUT2D eigenvalue weighted by atomic mass is 32.2. The summed E-state index contributed by atoms with van der Waals surface area (Å²) < 4.78 is 32.2. The number of aliphatic hydroxyl groups excluding tert-OH is 1. The molecule has 0 aliphatic heterocycles. The molecule has 21 heavy (non-hydrogen) atoms. The van der Waals surface area contributed by atoms with Gasteiger partial charge in [-0.05, 0) is 24.1 Å². The normalized spacial score (nSPS) is 12.4. The zero-order chi connectivity index (χ0) is 15.9. The van der Waals surface area contributed by atoms with Crippen molar-refractivity contribution in [3.05, 3.63) is 23.8 Å². The monoisotopic (exact) mass is 311 g/mol. The summed E-state index contributed by atoms with van der Waals surface area (Å²) in [5.74, 6) is 5.91. The molecule has 0 aliphatic rings. The van der Waals surface area contributed by atoms with Gasteiger partial charge in [0.2, 0.25) is 10.0 Å². The van der Waals surface area contributed by atoms with E-state index in [1.807, 2.05) is 13.8 Å². The van der Waals surface area contributed by atoms with Crippen molar-refractivity contribution in [1.82, 2.24) is 4.72 Å². The fraction of sp³-hybridized carbons (Fsp3) is 0.467. The van der Waals surface area contributed by atoms with Crippen LogP contribution in [0.2, 0.25) is 0 Å². The van der Waals surface area contributed by atoms with Crippen LogP contribution < -0.4 is 9.46 Å². The Balaban J connectivity index is 3.07. The molecule has 116 valence electrons. The lowest BCUT2D eigenvalue weighted by Crippen LogP contribution is -2.28. The Morgan fingerprint density at radius 1 is 1.43 bits per heavy atom. The number of nitrogens with one attached hydrogen (secondary N) is 1. The van der Waals surface area contributed by atoms with Gasteiger partial charge in [-0.25, -0.2) is 13.1 Å². The highest BCUT2D eigenvalue weighted by Gasteiger charge is 2.16. The van der Waals surface area contributed by atoms with Gasteiger partial charge in [-0.3, -0.25) is 0 Å². The molecule has 0 heterocycles. The van der Waals surface area contributed by atoms with Crippen molar-refractivity contribution < 1.29 is 18.3 Å². The van der Waals surface area contributed by atoms with Crippen molar-refractivity contribution in [2.24, 2.45) is 5.92 Å². The number of hydrogen-bond acceptors (Lipinski definition) is 4. The van der Waals surface area contributed by atoms with Gasteiger partial charge in [0, 0.05) is 6.54 Å². The Morgan fingerprint density at radius 3 is 2.71 bits per heavy atom. The molecule has 6 heteroatoms. The van der Waals surface area contributed by atoms with E-state index in [1.165, 1.54) is 19.2 Å². The van der Waals surface area contributed by atoms with Crippen molar-refractivity contribution in [1.29, 1.82) is 0 Å². The van der Waals surface area contributed by atoms with Crippen LogP contribution in [0.25, 0.3) is 0 Å². The van der Waals surface area contributed by atoms with Gasteiger partial charge >= 0.3 is 0 Å². The predicted molar refractivity (Wildman–Crippen MR) is 81.6 cm³/mol. The van der Waals surface area contributed by atoms with Crippen LogP contribution in [0.4, 0.5) is 0 Å². The maximum absolute atomic E-state index is 12.2. The quantitative estimate of drug-likeness (QED) is 0.778. The summed E-state index contributed by atoms with van der Waals surface area (Å²) in [7, 11) is -2.09. The summed E-state index contributed by atoms with van der Waals surface area (Å²) in [4.78, 5) is 0.133. The zero-order valence-corrected chi connectivity index (χ0v) is 13.3. The first-order valence-electron chi connectivity index (χ1n) is 6.72. The van der Waals surface area contributed by atoms with Gasteiger partial charge in [0.1, 0.15) is 12.4 Å². The number of benzene rings is 1. The molecule has 0 radical (unpaired) electrons. The lowest BCUT2D eigenvalue weighted by Gasteiger charge is -2.12. The summed E-state index contributed by atoms with van der Waals surface area (Å²) in [6.07, 6.45) is 0.901. The molecular formula is C15H21NO4S. The number of rotatable bonds is 6. The first kappa shape index (κ1) is 17.5. The van der Waals surface area contributed by atoms with Crippen molar-refractivity contribution >= 4 is 10.0 Å². The van der Waals surface area contributed by atoms with Crippen molar-refractivity contribution in [2.45, 2.75) is 25.2 Å². The Bertz CT molecular complexity index is 629. The van der Waals surface area contributed by atoms with E-state index < -0.39 is 10.0 Å². The Kier molecular flexibility index (Phi) is 6.69. The van der Waals surface area contributed by atoms with Crippen molar-refractivity contribution in [2.75, 3.05) is 20.3 Å². The van der Waals surface area contributed by atoms with E-state index in [0.717, 1.165) is 6.42 Å². The molecule has 0 amide bonds. The molecule has 5 nitrogen and oxygen atoms in total. The first-order valence-corrected chi connectivity index (χ1v) is 8.20. The average molecular weight is 311 g/mol. The van der Waals surface area contributed by atoms with E-state index in [4.69, 9.17) is 9.84 Å². The summed E-state index contributed by atoms with van der Waals surface area (Å²) in [5.41, 5.74) is 0.429. The molecule has 1 atom stereocenters. The maximum Gasteiger partial charge on any atom is 0.240 e. The van der Waals surface area contributed by atoms with Crippen LogP contribution in [0.3, 0.4) is 0 Å². The first-order chi connectivity index (χ1) is 9.94. The second kappa shape index (κ2) is 8.03. The molecule has 1 aromatic carbocycles. The fourth-order valence-corrected chi connectivity index (χ4v) is 2.76. The smallest absolute Gasteiger partial charge is 0.240 e. The summed E-state index contributed by atoms with van der Waals surface area (Å²) in [5, 5.41) is 8.75. The van der Waals surface area contributed by atoms with E-state index in [1.54, 1.807) is 6.07 Å². The van der Waals surface area contributed by atoms with Gasteiger partial charge in [-0.1, -0.05) is 32.1 Å². The van der Waals surface area contributed by atoms with Crippen LogP contribution in [0.15, 0.2) is 23.1 Å². The molecule has 0 fully saturated rings. The van der Waals surface area contributed by atoms with Crippen LogP contribution in [0.1, 0.15) is 25.8 Å². The molecular weight excluding hydrogens is 290 g/mol. The molecule has 0 spiro atoms.